The molecule has 1 amide bonds. The van der Waals surface area contributed by atoms with Gasteiger partial charge in [0.25, 0.3) is 0 Å². The maximum atomic E-state index is 12.5. The van der Waals surface area contributed by atoms with Gasteiger partial charge in [-0.1, -0.05) is 36.4 Å². The number of hydrogen-bond donors (Lipinski definition) is 3. The van der Waals surface area contributed by atoms with Crippen LogP contribution >= 0.6 is 0 Å². The fraction of sp³-hybridized carbons (Fsp3) is 0.278. The second kappa shape index (κ2) is 6.73. The smallest absolute Gasteiger partial charge is 0.246 e. The molecule has 0 bridgehead atoms. The van der Waals surface area contributed by atoms with Gasteiger partial charge in [0.2, 0.25) is 5.91 Å². The first-order valence-corrected chi connectivity index (χ1v) is 7.60. The Kier molecular flexibility index (Phi) is 4.51. The topological polar surface area (TPSA) is 61.4 Å². The van der Waals surface area contributed by atoms with Gasteiger partial charge in [-0.3, -0.25) is 4.79 Å². The first-order valence-electron chi connectivity index (χ1n) is 7.60. The van der Waals surface area contributed by atoms with Gasteiger partial charge >= 0.3 is 0 Å². The molecule has 2 aromatic carbocycles. The predicted molar refractivity (Wildman–Crippen MR) is 86.8 cm³/mol. The standard InChI is InChI=1S/C18H20N2O2/c21-12-10-13-5-7-15(8-6-13)20-18(22)17-16-4-2-1-3-14(16)9-11-19-17/h1-8,17,19,21H,9-12H2,(H,20,22). The summed E-state index contributed by atoms with van der Waals surface area (Å²) in [5.41, 5.74) is 4.13. The molecule has 22 heavy (non-hydrogen) atoms. The normalized spacial score (nSPS) is 16.9. The zero-order chi connectivity index (χ0) is 15.4. The molecule has 2 aromatic rings. The van der Waals surface area contributed by atoms with Crippen molar-refractivity contribution < 1.29 is 9.90 Å². The Morgan fingerprint density at radius 1 is 1.18 bits per heavy atom. The van der Waals surface area contributed by atoms with E-state index in [-0.39, 0.29) is 18.6 Å². The summed E-state index contributed by atoms with van der Waals surface area (Å²) in [4.78, 5) is 12.5. The Hall–Kier alpha value is -2.17. The van der Waals surface area contributed by atoms with E-state index in [2.05, 4.69) is 16.7 Å². The van der Waals surface area contributed by atoms with Crippen LogP contribution in [-0.4, -0.2) is 24.2 Å². The molecular formula is C18H20N2O2. The summed E-state index contributed by atoms with van der Waals surface area (Å²) in [7, 11) is 0. The van der Waals surface area contributed by atoms with E-state index in [0.717, 1.165) is 29.8 Å². The van der Waals surface area contributed by atoms with Crippen LogP contribution in [0.2, 0.25) is 0 Å². The van der Waals surface area contributed by atoms with Gasteiger partial charge in [-0.15, -0.1) is 0 Å². The lowest BCUT2D eigenvalue weighted by Crippen LogP contribution is -2.38. The van der Waals surface area contributed by atoms with Crippen LogP contribution in [0, 0.1) is 0 Å². The molecule has 3 rings (SSSR count). The van der Waals surface area contributed by atoms with Crippen LogP contribution in [0.5, 0.6) is 0 Å². The summed E-state index contributed by atoms with van der Waals surface area (Å²) >= 11 is 0. The Balaban J connectivity index is 1.72. The maximum Gasteiger partial charge on any atom is 0.246 e. The minimum Gasteiger partial charge on any atom is -0.396 e. The highest BCUT2D eigenvalue weighted by Gasteiger charge is 2.25. The third-order valence-corrected chi connectivity index (χ3v) is 3.99. The Morgan fingerprint density at radius 2 is 1.95 bits per heavy atom. The molecular weight excluding hydrogens is 276 g/mol. The predicted octanol–water partition coefficient (Wildman–Crippen LogP) is 2.05. The molecule has 1 unspecified atom stereocenters. The molecule has 0 aromatic heterocycles. The number of aliphatic hydroxyl groups is 1. The van der Waals surface area contributed by atoms with E-state index < -0.39 is 0 Å². The molecule has 0 spiro atoms. The van der Waals surface area contributed by atoms with E-state index in [1.54, 1.807) is 0 Å². The van der Waals surface area contributed by atoms with E-state index in [1.807, 2.05) is 42.5 Å². The van der Waals surface area contributed by atoms with Gasteiger partial charge in [-0.05, 0) is 41.7 Å². The van der Waals surface area contributed by atoms with E-state index in [9.17, 15) is 4.79 Å². The van der Waals surface area contributed by atoms with Crippen molar-refractivity contribution in [2.24, 2.45) is 0 Å². The largest absolute Gasteiger partial charge is 0.396 e. The number of anilines is 1. The van der Waals surface area contributed by atoms with Crippen molar-refractivity contribution in [1.29, 1.82) is 0 Å². The number of amides is 1. The number of rotatable bonds is 4. The number of aliphatic hydroxyl groups excluding tert-OH is 1. The number of carbonyl (C=O) groups is 1. The fourth-order valence-corrected chi connectivity index (χ4v) is 2.84. The van der Waals surface area contributed by atoms with Crippen LogP contribution < -0.4 is 10.6 Å². The van der Waals surface area contributed by atoms with Gasteiger partial charge in [-0.2, -0.15) is 0 Å². The average molecular weight is 296 g/mol. The average Bonchev–Trinajstić information content (AvgIpc) is 2.56. The molecule has 1 heterocycles. The molecule has 0 saturated heterocycles. The first-order chi connectivity index (χ1) is 10.8. The lowest BCUT2D eigenvalue weighted by atomic mass is 9.94. The molecule has 1 aliphatic rings. The molecule has 0 fully saturated rings. The summed E-state index contributed by atoms with van der Waals surface area (Å²) in [6.45, 7) is 0.943. The molecule has 1 aliphatic heterocycles. The van der Waals surface area contributed by atoms with Crippen LogP contribution in [0.1, 0.15) is 22.7 Å². The van der Waals surface area contributed by atoms with Crippen molar-refractivity contribution in [2.75, 3.05) is 18.5 Å². The number of hydrogen-bond acceptors (Lipinski definition) is 3. The van der Waals surface area contributed by atoms with E-state index in [4.69, 9.17) is 5.11 Å². The van der Waals surface area contributed by atoms with Gasteiger partial charge in [0.1, 0.15) is 6.04 Å². The zero-order valence-electron chi connectivity index (χ0n) is 12.4. The summed E-state index contributed by atoms with van der Waals surface area (Å²) in [6.07, 6.45) is 1.58. The summed E-state index contributed by atoms with van der Waals surface area (Å²) < 4.78 is 0. The summed E-state index contributed by atoms with van der Waals surface area (Å²) in [5.74, 6) is -0.0398. The van der Waals surface area contributed by atoms with Crippen molar-refractivity contribution >= 4 is 11.6 Å². The third-order valence-electron chi connectivity index (χ3n) is 3.99. The molecule has 1 atom stereocenters. The molecule has 114 valence electrons. The SMILES string of the molecule is O=C(Nc1ccc(CCO)cc1)C1NCCc2ccccc21. The van der Waals surface area contributed by atoms with Gasteiger partial charge in [0, 0.05) is 18.8 Å². The Morgan fingerprint density at radius 3 is 2.73 bits per heavy atom. The van der Waals surface area contributed by atoms with Crippen molar-refractivity contribution in [3.63, 3.8) is 0 Å². The highest BCUT2D eigenvalue weighted by molar-refractivity contribution is 5.96. The van der Waals surface area contributed by atoms with E-state index in [1.165, 1.54) is 5.56 Å². The van der Waals surface area contributed by atoms with Crippen molar-refractivity contribution in [2.45, 2.75) is 18.9 Å². The lowest BCUT2D eigenvalue weighted by molar-refractivity contribution is -0.118. The lowest BCUT2D eigenvalue weighted by Gasteiger charge is -2.26. The summed E-state index contributed by atoms with van der Waals surface area (Å²) in [6, 6.07) is 15.4. The minimum absolute atomic E-state index is 0.0398. The van der Waals surface area contributed by atoms with E-state index >= 15 is 0 Å². The van der Waals surface area contributed by atoms with Crippen LogP contribution in [0.4, 0.5) is 5.69 Å². The van der Waals surface area contributed by atoms with E-state index in [0.29, 0.717) is 6.42 Å². The van der Waals surface area contributed by atoms with Gasteiger partial charge < -0.3 is 15.7 Å². The highest BCUT2D eigenvalue weighted by atomic mass is 16.3. The van der Waals surface area contributed by atoms with Crippen molar-refractivity contribution in [1.82, 2.24) is 5.32 Å². The molecule has 0 saturated carbocycles. The number of benzene rings is 2. The van der Waals surface area contributed by atoms with Gasteiger partial charge in [0.05, 0.1) is 0 Å². The quantitative estimate of drug-likeness (QED) is 0.809. The van der Waals surface area contributed by atoms with Crippen LogP contribution in [0.15, 0.2) is 48.5 Å². The number of carbonyl (C=O) groups excluding carboxylic acids is 1. The number of fused-ring (bicyclic) bond motifs is 1. The van der Waals surface area contributed by atoms with Crippen molar-refractivity contribution in [3.05, 3.63) is 65.2 Å². The zero-order valence-corrected chi connectivity index (χ0v) is 12.4. The molecule has 4 nitrogen and oxygen atoms in total. The van der Waals surface area contributed by atoms with Crippen LogP contribution in [0.3, 0.4) is 0 Å². The first kappa shape index (κ1) is 14.8. The molecule has 4 heteroatoms. The second-order valence-electron chi connectivity index (χ2n) is 5.50. The third kappa shape index (κ3) is 3.18. The van der Waals surface area contributed by atoms with Crippen LogP contribution in [0.25, 0.3) is 0 Å². The second-order valence-corrected chi connectivity index (χ2v) is 5.50. The fourth-order valence-electron chi connectivity index (χ4n) is 2.84. The Bertz CT molecular complexity index is 652. The monoisotopic (exact) mass is 296 g/mol. The van der Waals surface area contributed by atoms with Gasteiger partial charge in [0.15, 0.2) is 0 Å². The molecule has 0 aliphatic carbocycles. The summed E-state index contributed by atoms with van der Waals surface area (Å²) in [5, 5.41) is 15.2. The maximum absolute atomic E-state index is 12.5. The minimum atomic E-state index is -0.304. The van der Waals surface area contributed by atoms with Gasteiger partial charge in [-0.25, -0.2) is 0 Å². The number of nitrogens with one attached hydrogen (secondary N) is 2. The Labute approximate surface area is 130 Å². The highest BCUT2D eigenvalue weighted by Crippen LogP contribution is 2.24. The molecule has 3 N–H and O–H groups in total. The molecule has 0 radical (unpaired) electrons. The van der Waals surface area contributed by atoms with Crippen LogP contribution in [-0.2, 0) is 17.6 Å². The van der Waals surface area contributed by atoms with Crippen molar-refractivity contribution in [3.8, 4) is 0 Å².